The van der Waals surface area contributed by atoms with Crippen LogP contribution >= 0.6 is 0 Å². The molecule has 0 aliphatic carbocycles. The number of fused-ring (bicyclic) bond motifs is 1. The second-order valence-corrected chi connectivity index (χ2v) is 7.43. The summed E-state index contributed by atoms with van der Waals surface area (Å²) in [7, 11) is 0. The van der Waals surface area contributed by atoms with Crippen LogP contribution in [0.5, 0.6) is 0 Å². The van der Waals surface area contributed by atoms with Crippen molar-refractivity contribution in [1.29, 1.82) is 0 Å². The van der Waals surface area contributed by atoms with Gasteiger partial charge in [0.05, 0.1) is 0 Å². The quantitative estimate of drug-likeness (QED) is 0.741. The number of aryl methyl sites for hydroxylation is 1. The van der Waals surface area contributed by atoms with Gasteiger partial charge in [-0.05, 0) is 49.6 Å². The fourth-order valence-electron chi connectivity index (χ4n) is 3.66. The normalized spacial score (nSPS) is 15.1. The zero-order valence-electron chi connectivity index (χ0n) is 16.6. The minimum Gasteiger partial charge on any atom is -0.347 e. The van der Waals surface area contributed by atoms with E-state index in [4.69, 9.17) is 0 Å². The fraction of sp³-hybridized carbons (Fsp3) is 0.208. The number of rotatable bonds is 4. The lowest BCUT2D eigenvalue weighted by Crippen LogP contribution is -2.36. The van der Waals surface area contributed by atoms with Crippen molar-refractivity contribution in [2.24, 2.45) is 0 Å². The van der Waals surface area contributed by atoms with Crippen molar-refractivity contribution in [1.82, 2.24) is 10.3 Å². The van der Waals surface area contributed by atoms with Crippen LogP contribution in [0.15, 0.2) is 66.7 Å². The van der Waals surface area contributed by atoms with Crippen molar-refractivity contribution in [3.05, 3.63) is 94.8 Å². The first kappa shape index (κ1) is 18.9. The van der Waals surface area contributed by atoms with Gasteiger partial charge in [-0.3, -0.25) is 9.59 Å². The molecule has 0 fully saturated rings. The zero-order chi connectivity index (χ0) is 20.4. The molecular formula is C24H23N3O2. The molecule has 0 saturated carbocycles. The first-order valence-electron chi connectivity index (χ1n) is 9.75. The van der Waals surface area contributed by atoms with E-state index in [-0.39, 0.29) is 29.2 Å². The standard InChI is InChI=1S/C24H23N3O2/c1-16-10-12-18(13-11-16)15-25-23(28)20-7-5-8-21(26-20)24(29)27-17(2)14-19-6-3-4-9-22(19)27/h3-13,17H,14-15H2,1-2H3,(H,25,28). The summed E-state index contributed by atoms with van der Waals surface area (Å²) in [4.78, 5) is 31.8. The summed E-state index contributed by atoms with van der Waals surface area (Å²) in [6.45, 7) is 4.46. The summed E-state index contributed by atoms with van der Waals surface area (Å²) in [6.07, 6.45) is 0.818. The monoisotopic (exact) mass is 385 g/mol. The molecule has 0 spiro atoms. The Morgan fingerprint density at radius 2 is 1.72 bits per heavy atom. The summed E-state index contributed by atoms with van der Waals surface area (Å²) in [5.41, 5.74) is 4.77. The maximum Gasteiger partial charge on any atom is 0.277 e. The Kier molecular flexibility index (Phi) is 5.12. The minimum atomic E-state index is -0.296. The molecule has 0 bridgehead atoms. The van der Waals surface area contributed by atoms with Crippen LogP contribution in [-0.4, -0.2) is 22.8 Å². The van der Waals surface area contributed by atoms with Crippen LogP contribution in [0.25, 0.3) is 0 Å². The number of para-hydroxylation sites is 1. The molecule has 1 atom stereocenters. The van der Waals surface area contributed by atoms with Crippen LogP contribution in [0.3, 0.4) is 0 Å². The third-order valence-corrected chi connectivity index (χ3v) is 5.20. The van der Waals surface area contributed by atoms with E-state index < -0.39 is 0 Å². The zero-order valence-corrected chi connectivity index (χ0v) is 16.6. The van der Waals surface area contributed by atoms with Gasteiger partial charge < -0.3 is 10.2 Å². The molecule has 3 aromatic rings. The van der Waals surface area contributed by atoms with Crippen molar-refractivity contribution in [2.75, 3.05) is 4.90 Å². The molecule has 146 valence electrons. The lowest BCUT2D eigenvalue weighted by molar-refractivity contribution is 0.0945. The molecule has 1 aliphatic heterocycles. The van der Waals surface area contributed by atoms with Crippen LogP contribution < -0.4 is 10.2 Å². The van der Waals surface area contributed by atoms with Crippen LogP contribution in [0.4, 0.5) is 5.69 Å². The molecule has 1 aliphatic rings. The van der Waals surface area contributed by atoms with Crippen LogP contribution in [0, 0.1) is 6.92 Å². The van der Waals surface area contributed by atoms with E-state index in [9.17, 15) is 9.59 Å². The van der Waals surface area contributed by atoms with E-state index in [1.54, 1.807) is 23.1 Å². The number of carbonyl (C=O) groups is 2. The Balaban J connectivity index is 1.50. The maximum atomic E-state index is 13.1. The van der Waals surface area contributed by atoms with Gasteiger partial charge in [-0.15, -0.1) is 0 Å². The number of nitrogens with one attached hydrogen (secondary N) is 1. The molecule has 2 amide bonds. The molecule has 0 radical (unpaired) electrons. The topological polar surface area (TPSA) is 62.3 Å². The molecule has 2 aromatic carbocycles. The SMILES string of the molecule is Cc1ccc(CNC(=O)c2cccc(C(=O)N3c4ccccc4CC3C)n2)cc1. The summed E-state index contributed by atoms with van der Waals surface area (Å²) < 4.78 is 0. The van der Waals surface area contributed by atoms with Gasteiger partial charge in [0.2, 0.25) is 0 Å². The predicted molar refractivity (Wildman–Crippen MR) is 113 cm³/mol. The molecule has 29 heavy (non-hydrogen) atoms. The number of anilines is 1. The lowest BCUT2D eigenvalue weighted by Gasteiger charge is -2.22. The molecule has 1 unspecified atom stereocenters. The van der Waals surface area contributed by atoms with Crippen molar-refractivity contribution in [3.63, 3.8) is 0 Å². The number of carbonyl (C=O) groups excluding carboxylic acids is 2. The van der Waals surface area contributed by atoms with E-state index in [1.807, 2.05) is 62.4 Å². The minimum absolute atomic E-state index is 0.0562. The third-order valence-electron chi connectivity index (χ3n) is 5.20. The number of hydrogen-bond donors (Lipinski definition) is 1. The van der Waals surface area contributed by atoms with E-state index in [1.165, 1.54) is 5.56 Å². The van der Waals surface area contributed by atoms with Gasteiger partial charge in [-0.25, -0.2) is 4.98 Å². The van der Waals surface area contributed by atoms with Crippen LogP contribution in [0.2, 0.25) is 0 Å². The molecule has 5 heteroatoms. The summed E-state index contributed by atoms with van der Waals surface area (Å²) in [6, 6.07) is 20.9. The van der Waals surface area contributed by atoms with Crippen LogP contribution in [0.1, 0.15) is 44.6 Å². The van der Waals surface area contributed by atoms with Gasteiger partial charge in [0.1, 0.15) is 11.4 Å². The molecule has 1 N–H and O–H groups in total. The van der Waals surface area contributed by atoms with Gasteiger partial charge >= 0.3 is 0 Å². The molecule has 0 saturated heterocycles. The first-order valence-corrected chi connectivity index (χ1v) is 9.75. The van der Waals surface area contributed by atoms with Gasteiger partial charge in [-0.2, -0.15) is 0 Å². The van der Waals surface area contributed by atoms with Gasteiger partial charge in [0.15, 0.2) is 0 Å². The average Bonchev–Trinajstić information content (AvgIpc) is 3.08. The highest BCUT2D eigenvalue weighted by Gasteiger charge is 2.32. The average molecular weight is 385 g/mol. The Bertz CT molecular complexity index is 1060. The van der Waals surface area contributed by atoms with E-state index in [0.717, 1.165) is 23.2 Å². The number of benzene rings is 2. The Labute approximate surface area is 170 Å². The number of aromatic nitrogens is 1. The molecule has 5 nitrogen and oxygen atoms in total. The van der Waals surface area contributed by atoms with Gasteiger partial charge in [0.25, 0.3) is 11.8 Å². The third kappa shape index (κ3) is 3.90. The number of hydrogen-bond acceptors (Lipinski definition) is 3. The highest BCUT2D eigenvalue weighted by Crippen LogP contribution is 2.32. The predicted octanol–water partition coefficient (Wildman–Crippen LogP) is 3.91. The summed E-state index contributed by atoms with van der Waals surface area (Å²) in [5.74, 6) is -0.481. The first-order chi connectivity index (χ1) is 14.0. The van der Waals surface area contributed by atoms with Crippen molar-refractivity contribution >= 4 is 17.5 Å². The molecule has 2 heterocycles. The maximum absolute atomic E-state index is 13.1. The summed E-state index contributed by atoms with van der Waals surface area (Å²) >= 11 is 0. The molecular weight excluding hydrogens is 362 g/mol. The van der Waals surface area contributed by atoms with E-state index in [2.05, 4.69) is 10.3 Å². The largest absolute Gasteiger partial charge is 0.347 e. The molecule has 4 rings (SSSR count). The van der Waals surface area contributed by atoms with Gasteiger partial charge in [-0.1, -0.05) is 54.1 Å². The number of amides is 2. The highest BCUT2D eigenvalue weighted by atomic mass is 16.2. The summed E-state index contributed by atoms with van der Waals surface area (Å²) in [5, 5.41) is 2.87. The van der Waals surface area contributed by atoms with Gasteiger partial charge in [0, 0.05) is 18.3 Å². The number of pyridine rings is 1. The second-order valence-electron chi connectivity index (χ2n) is 7.43. The van der Waals surface area contributed by atoms with Crippen molar-refractivity contribution in [3.8, 4) is 0 Å². The fourth-order valence-corrected chi connectivity index (χ4v) is 3.66. The lowest BCUT2D eigenvalue weighted by atomic mass is 10.1. The smallest absolute Gasteiger partial charge is 0.277 e. The van der Waals surface area contributed by atoms with Crippen LogP contribution in [-0.2, 0) is 13.0 Å². The van der Waals surface area contributed by atoms with Crippen molar-refractivity contribution < 1.29 is 9.59 Å². The Morgan fingerprint density at radius 1 is 1.00 bits per heavy atom. The van der Waals surface area contributed by atoms with E-state index >= 15 is 0 Å². The number of nitrogens with zero attached hydrogens (tertiary/aromatic N) is 2. The van der Waals surface area contributed by atoms with E-state index in [0.29, 0.717) is 6.54 Å². The van der Waals surface area contributed by atoms with Crippen molar-refractivity contribution in [2.45, 2.75) is 32.9 Å². The highest BCUT2D eigenvalue weighted by molar-refractivity contribution is 6.07. The Morgan fingerprint density at radius 3 is 2.52 bits per heavy atom. The Hall–Kier alpha value is -3.47. The molecule has 1 aromatic heterocycles. The second kappa shape index (κ2) is 7.87.